The Hall–Kier alpha value is -7.21. The average Bonchev–Trinajstić information content (AvgIpc) is 3.28. The summed E-state index contributed by atoms with van der Waals surface area (Å²) in [5, 5.41) is 8.75. The van der Waals surface area contributed by atoms with Crippen LogP contribution in [0.3, 0.4) is 0 Å². The van der Waals surface area contributed by atoms with Crippen LogP contribution >= 0.6 is 0 Å². The van der Waals surface area contributed by atoms with Crippen molar-refractivity contribution in [2.45, 2.75) is 62.4 Å². The van der Waals surface area contributed by atoms with Gasteiger partial charge in [0.25, 0.3) is 0 Å². The van der Waals surface area contributed by atoms with Crippen molar-refractivity contribution in [3.8, 4) is 6.07 Å². The summed E-state index contributed by atoms with van der Waals surface area (Å²) in [6, 6.07) is 8.07. The number of alkyl halides is 24. The van der Waals surface area contributed by atoms with E-state index < -0.39 is 195 Å². The van der Waals surface area contributed by atoms with Crippen LogP contribution in [0.15, 0.2) is 128 Å². The zero-order chi connectivity index (χ0) is 56.7. The van der Waals surface area contributed by atoms with Crippen molar-refractivity contribution in [2.75, 3.05) is 0 Å². The Kier molecular flexibility index (Phi) is 16.0. The van der Waals surface area contributed by atoms with Gasteiger partial charge >= 0.3 is 49.4 Å². The molecule has 0 amide bonds. The first kappa shape index (κ1) is 58.7. The molecule has 0 radical (unpaired) electrons. The molecule has 0 atom stereocenters. The second-order valence-electron chi connectivity index (χ2n) is 16.2. The van der Waals surface area contributed by atoms with Gasteiger partial charge in [-0.15, -0.1) is 0 Å². The van der Waals surface area contributed by atoms with Crippen LogP contribution in [0.2, 0.25) is 0 Å². The number of hydrogen-bond donors (Lipinski definition) is 0. The molecule has 6 aromatic rings. The number of ketones is 1. The lowest BCUT2D eigenvalue weighted by Crippen LogP contribution is -2.75. The highest BCUT2D eigenvalue weighted by Gasteiger charge is 2.47. The van der Waals surface area contributed by atoms with Crippen LogP contribution in [-0.2, 0) is 62.4 Å². The number of nitriles is 1. The predicted octanol–water partition coefficient (Wildman–Crippen LogP) is 13.1. The second-order valence-corrected chi connectivity index (χ2v) is 16.2. The fourth-order valence-corrected chi connectivity index (χ4v) is 7.85. The quantitative estimate of drug-likeness (QED) is 0.0660. The molecule has 0 saturated heterocycles. The van der Waals surface area contributed by atoms with Crippen LogP contribution in [0, 0.1) is 11.3 Å². The minimum atomic E-state index is -6.13. The Bertz CT molecular complexity index is 2640. The topological polar surface area (TPSA) is 44.7 Å². The summed E-state index contributed by atoms with van der Waals surface area (Å²) in [4.78, 5) is 12.1. The maximum atomic E-state index is 14.2. The van der Waals surface area contributed by atoms with Gasteiger partial charge in [0, 0.05) is 17.7 Å². The number of benzene rings is 5. The van der Waals surface area contributed by atoms with Gasteiger partial charge in [-0.05, 0) is 24.3 Å². The van der Waals surface area contributed by atoms with E-state index >= 15 is 0 Å². The number of nitrogens with zero attached hydrogens (tertiary/aromatic N) is 2. The fraction of sp³-hybridized carbons (Fsp3) is 0.213. The Morgan fingerprint density at radius 3 is 0.880 bits per heavy atom. The molecule has 0 unspecified atom stereocenters. The third kappa shape index (κ3) is 13.8. The van der Waals surface area contributed by atoms with Crippen molar-refractivity contribution in [3.63, 3.8) is 0 Å². The molecule has 0 spiro atoms. The molecule has 0 saturated carbocycles. The van der Waals surface area contributed by atoms with Crippen LogP contribution in [0.1, 0.15) is 60.6 Å². The summed E-state index contributed by atoms with van der Waals surface area (Å²) < 4.78 is 343. The number of pyridine rings is 1. The molecule has 0 N–H and O–H groups in total. The van der Waals surface area contributed by atoms with E-state index in [-0.39, 0.29) is 12.3 Å². The number of aromatic nitrogens is 1. The van der Waals surface area contributed by atoms with E-state index in [1.807, 2.05) is 47.2 Å². The average molecular weight is 1100 g/mol. The number of Topliss-reactive ketones (excluding diaryl/α,β-unsaturated/α-hetero) is 1. The van der Waals surface area contributed by atoms with Gasteiger partial charge < -0.3 is 0 Å². The normalized spacial score (nSPS) is 13.2. The third-order valence-corrected chi connectivity index (χ3v) is 11.1. The van der Waals surface area contributed by atoms with E-state index in [2.05, 4.69) is 6.07 Å². The molecule has 0 aliphatic carbocycles. The zero-order valence-electron chi connectivity index (χ0n) is 36.5. The molecule has 1 heterocycles. The summed E-state index contributed by atoms with van der Waals surface area (Å²) in [6.07, 6.45) is -52.7. The summed E-state index contributed by atoms with van der Waals surface area (Å²) in [7, 11) is 0. The van der Waals surface area contributed by atoms with Gasteiger partial charge in [0.1, 0.15) is 12.6 Å². The van der Waals surface area contributed by atoms with Gasteiger partial charge in [-0.1, -0.05) is 84.9 Å². The highest BCUT2D eigenvalue weighted by molar-refractivity contribution is 7.20. The van der Waals surface area contributed by atoms with Gasteiger partial charge in [-0.25, -0.2) is 0 Å². The fourth-order valence-electron chi connectivity index (χ4n) is 7.85. The molecule has 1 aromatic heterocycles. The standard InChI is InChI=1S/C32H12BF24.C15H13N2O/c34-25(35,36)13-1-14(26(37,38)39)6-21(5-13)33(22-7-15(27(40,41)42)2-16(8-22)28(43,44)45,23-9-17(29(46,47)48)3-18(10-23)30(49,50)51)24-11-19(31(52,53)54)4-20(12-24)32(55,56)57;16-10-9-14-8-4-5-11-17(14)12-15(18)13-6-2-1-3-7-13/h1-12H;1-8,11H,9,12H2/q-1;+1. The number of carbonyl (C=O) groups is 1. The van der Waals surface area contributed by atoms with Crippen molar-refractivity contribution in [2.24, 2.45) is 0 Å². The van der Waals surface area contributed by atoms with Gasteiger partial charge in [0.15, 0.2) is 11.9 Å². The minimum Gasteiger partial charge on any atom is -0.287 e. The van der Waals surface area contributed by atoms with Gasteiger partial charge in [-0.3, -0.25) is 4.79 Å². The van der Waals surface area contributed by atoms with E-state index in [1.54, 1.807) is 12.1 Å². The Labute approximate surface area is 405 Å². The number of rotatable bonds is 8. The number of halogens is 24. The zero-order valence-corrected chi connectivity index (χ0v) is 36.5. The Morgan fingerprint density at radius 2 is 0.640 bits per heavy atom. The van der Waals surface area contributed by atoms with Crippen LogP contribution < -0.4 is 26.4 Å². The molecule has 0 aliphatic heterocycles. The molecule has 0 aliphatic rings. The van der Waals surface area contributed by atoms with Crippen LogP contribution in [0.4, 0.5) is 105 Å². The van der Waals surface area contributed by atoms with Gasteiger partial charge in [0.05, 0.1) is 50.6 Å². The highest BCUT2D eigenvalue weighted by atomic mass is 19.4. The molecule has 0 bridgehead atoms. The van der Waals surface area contributed by atoms with Crippen LogP contribution in [0.25, 0.3) is 0 Å². The maximum absolute atomic E-state index is 14.2. The summed E-state index contributed by atoms with van der Waals surface area (Å²) in [5.41, 5.74) is -28.7. The van der Waals surface area contributed by atoms with E-state index in [4.69, 9.17) is 5.26 Å². The molecule has 28 heteroatoms. The number of hydrogen-bond acceptors (Lipinski definition) is 2. The molecule has 0 fully saturated rings. The van der Waals surface area contributed by atoms with Crippen LogP contribution in [0.5, 0.6) is 0 Å². The lowest BCUT2D eigenvalue weighted by molar-refractivity contribution is -0.690. The Balaban J connectivity index is 0.000000483. The molecule has 75 heavy (non-hydrogen) atoms. The largest absolute Gasteiger partial charge is 0.416 e. The number of carbonyl (C=O) groups excluding carboxylic acids is 1. The van der Waals surface area contributed by atoms with E-state index in [0.717, 1.165) is 5.69 Å². The Morgan fingerprint density at radius 1 is 0.387 bits per heavy atom. The van der Waals surface area contributed by atoms with Crippen molar-refractivity contribution in [3.05, 3.63) is 183 Å². The van der Waals surface area contributed by atoms with Gasteiger partial charge in [0.2, 0.25) is 12.3 Å². The van der Waals surface area contributed by atoms with Crippen molar-refractivity contribution < 1.29 is 115 Å². The first-order chi connectivity index (χ1) is 34.1. The van der Waals surface area contributed by atoms with Crippen LogP contribution in [-0.4, -0.2) is 11.9 Å². The molecular weight excluding hydrogens is 1080 g/mol. The first-order valence-electron chi connectivity index (χ1n) is 20.4. The lowest BCUT2D eigenvalue weighted by Gasteiger charge is -2.46. The maximum Gasteiger partial charge on any atom is 0.416 e. The monoisotopic (exact) mass is 1100 g/mol. The summed E-state index contributed by atoms with van der Waals surface area (Å²) in [6.45, 7) is 0.266. The molecular formula is C47H25BF24N2O. The second kappa shape index (κ2) is 20.5. The predicted molar refractivity (Wildman–Crippen MR) is 217 cm³/mol. The smallest absolute Gasteiger partial charge is 0.287 e. The SMILES string of the molecule is FC(F)(F)c1cc([B-](c2cc(C(F)(F)F)cc(C(F)(F)F)c2)(c2cc(C(F)(F)F)cc(C(F)(F)F)c2)c2cc(C(F)(F)F)cc(C(F)(F)F)c2)cc(C(F)(F)F)c1.N#CCc1cccc[n+]1CC(=O)c1ccccc1. The van der Waals surface area contributed by atoms with E-state index in [0.29, 0.717) is 12.0 Å². The van der Waals surface area contributed by atoms with E-state index in [9.17, 15) is 110 Å². The molecule has 5 aromatic carbocycles. The van der Waals surface area contributed by atoms with Crippen molar-refractivity contribution in [1.29, 1.82) is 5.26 Å². The molecule has 6 rings (SSSR count). The lowest BCUT2D eigenvalue weighted by atomic mass is 9.12. The van der Waals surface area contributed by atoms with Crippen molar-refractivity contribution in [1.82, 2.24) is 0 Å². The summed E-state index contributed by atoms with van der Waals surface area (Å²) >= 11 is 0. The van der Waals surface area contributed by atoms with Gasteiger partial charge in [-0.2, -0.15) is 137 Å². The third-order valence-electron chi connectivity index (χ3n) is 11.1. The minimum absolute atomic E-state index is 0.0472. The van der Waals surface area contributed by atoms with Crippen molar-refractivity contribution >= 4 is 33.8 Å². The molecule has 3 nitrogen and oxygen atoms in total. The molecule has 400 valence electrons. The van der Waals surface area contributed by atoms with E-state index in [1.165, 1.54) is 0 Å². The first-order valence-corrected chi connectivity index (χ1v) is 20.4. The summed E-state index contributed by atoms with van der Waals surface area (Å²) in [5.74, 6) is 0.0472. The highest BCUT2D eigenvalue weighted by Crippen LogP contribution is 2.41.